The highest BCUT2D eigenvalue weighted by atomic mass is 32.2. The van der Waals surface area contributed by atoms with Crippen molar-refractivity contribution in [3.8, 4) is 5.75 Å². The molecular weight excluding hydrogens is 394 g/mol. The van der Waals surface area contributed by atoms with Gasteiger partial charge in [-0.3, -0.25) is 9.59 Å². The molecule has 0 aromatic heterocycles. The van der Waals surface area contributed by atoms with Gasteiger partial charge in [0.05, 0.1) is 18.6 Å². The zero-order chi connectivity index (χ0) is 20.9. The van der Waals surface area contributed by atoms with Crippen LogP contribution in [0.3, 0.4) is 0 Å². The number of hydrogen-bond donors (Lipinski definition) is 1. The van der Waals surface area contributed by atoms with Crippen LogP contribution in [0.5, 0.6) is 5.75 Å². The van der Waals surface area contributed by atoms with Gasteiger partial charge in [0, 0.05) is 32.1 Å². The molecule has 2 amide bonds. The number of piperazine rings is 1. The predicted molar refractivity (Wildman–Crippen MR) is 108 cm³/mol. The van der Waals surface area contributed by atoms with E-state index in [9.17, 15) is 18.0 Å². The Balaban J connectivity index is 1.48. The molecule has 1 saturated heterocycles. The molecule has 0 bridgehead atoms. The van der Waals surface area contributed by atoms with Crippen molar-refractivity contribution in [1.29, 1.82) is 0 Å². The van der Waals surface area contributed by atoms with E-state index in [1.807, 2.05) is 0 Å². The third-order valence-electron chi connectivity index (χ3n) is 5.68. The number of benzene rings is 1. The van der Waals surface area contributed by atoms with Gasteiger partial charge < -0.3 is 15.0 Å². The van der Waals surface area contributed by atoms with Crippen LogP contribution in [0.1, 0.15) is 32.1 Å². The third kappa shape index (κ3) is 5.27. The number of methoxy groups -OCH3 is 1. The molecule has 1 saturated carbocycles. The fourth-order valence-electron chi connectivity index (χ4n) is 3.86. The van der Waals surface area contributed by atoms with Gasteiger partial charge in [-0.15, -0.1) is 0 Å². The Labute approximate surface area is 172 Å². The second-order valence-electron chi connectivity index (χ2n) is 7.51. The first kappa shape index (κ1) is 21.6. The number of hydrogen-bond acceptors (Lipinski definition) is 5. The number of rotatable bonds is 6. The van der Waals surface area contributed by atoms with E-state index < -0.39 is 10.0 Å². The molecule has 1 aromatic rings. The lowest BCUT2D eigenvalue weighted by atomic mass is 9.89. The number of ether oxygens (including phenoxy) is 1. The quantitative estimate of drug-likeness (QED) is 0.742. The highest BCUT2D eigenvalue weighted by Crippen LogP contribution is 2.23. The summed E-state index contributed by atoms with van der Waals surface area (Å²) in [5.74, 6) is 0.395. The number of sulfonamides is 1. The van der Waals surface area contributed by atoms with E-state index in [2.05, 4.69) is 5.32 Å². The van der Waals surface area contributed by atoms with E-state index in [-0.39, 0.29) is 42.3 Å². The summed E-state index contributed by atoms with van der Waals surface area (Å²) in [6.07, 6.45) is 5.09. The van der Waals surface area contributed by atoms with E-state index in [1.165, 1.54) is 30.0 Å². The van der Waals surface area contributed by atoms with Gasteiger partial charge in [-0.25, -0.2) is 8.42 Å². The van der Waals surface area contributed by atoms with E-state index in [1.54, 1.807) is 17.0 Å². The van der Waals surface area contributed by atoms with Crippen molar-refractivity contribution in [1.82, 2.24) is 14.5 Å². The molecule has 0 radical (unpaired) electrons. The van der Waals surface area contributed by atoms with Gasteiger partial charge in [0.15, 0.2) is 0 Å². The number of carbonyl (C=O) groups excluding carboxylic acids is 2. The summed E-state index contributed by atoms with van der Waals surface area (Å²) in [6.45, 7) is 1.06. The molecular formula is C20H29N3O5S. The highest BCUT2D eigenvalue weighted by molar-refractivity contribution is 7.89. The summed E-state index contributed by atoms with van der Waals surface area (Å²) < 4.78 is 32.0. The molecule has 0 unspecified atom stereocenters. The van der Waals surface area contributed by atoms with Crippen LogP contribution in [-0.2, 0) is 19.6 Å². The summed E-state index contributed by atoms with van der Waals surface area (Å²) in [7, 11) is -2.08. The zero-order valence-corrected chi connectivity index (χ0v) is 17.6. The van der Waals surface area contributed by atoms with Crippen molar-refractivity contribution in [3.05, 3.63) is 24.3 Å². The minimum Gasteiger partial charge on any atom is -0.497 e. The standard InChI is InChI=1S/C20H29N3O5S/c1-28-17-7-9-18(10-8-17)29(26,27)23-13-11-22(12-14-23)19(24)15-21-20(25)16-5-3-2-4-6-16/h7-10,16H,2-6,11-15H2,1H3,(H,21,25). The van der Waals surface area contributed by atoms with Crippen LogP contribution in [0.15, 0.2) is 29.2 Å². The average molecular weight is 424 g/mol. The van der Waals surface area contributed by atoms with Crippen molar-refractivity contribution in [2.24, 2.45) is 5.92 Å². The molecule has 1 aromatic carbocycles. The van der Waals surface area contributed by atoms with E-state index in [0.717, 1.165) is 25.7 Å². The van der Waals surface area contributed by atoms with Crippen LogP contribution < -0.4 is 10.1 Å². The minimum atomic E-state index is -3.61. The molecule has 1 aliphatic heterocycles. The average Bonchev–Trinajstić information content (AvgIpc) is 2.78. The van der Waals surface area contributed by atoms with Crippen molar-refractivity contribution < 1.29 is 22.7 Å². The first-order chi connectivity index (χ1) is 13.9. The van der Waals surface area contributed by atoms with Crippen LogP contribution in [0.25, 0.3) is 0 Å². The smallest absolute Gasteiger partial charge is 0.243 e. The topological polar surface area (TPSA) is 96.0 Å². The first-order valence-corrected chi connectivity index (χ1v) is 11.6. The van der Waals surface area contributed by atoms with Gasteiger partial charge in [0.2, 0.25) is 21.8 Å². The lowest BCUT2D eigenvalue weighted by Gasteiger charge is -2.34. The summed E-state index contributed by atoms with van der Waals surface area (Å²) in [5, 5.41) is 2.75. The maximum atomic E-state index is 12.8. The fourth-order valence-corrected chi connectivity index (χ4v) is 5.28. The SMILES string of the molecule is COc1ccc(S(=O)(=O)N2CCN(C(=O)CNC(=O)C3CCCCC3)CC2)cc1. The van der Waals surface area contributed by atoms with Gasteiger partial charge in [-0.05, 0) is 37.1 Å². The van der Waals surface area contributed by atoms with Crippen molar-refractivity contribution in [3.63, 3.8) is 0 Å². The molecule has 1 heterocycles. The molecule has 2 fully saturated rings. The number of nitrogens with one attached hydrogen (secondary N) is 1. The van der Waals surface area contributed by atoms with Crippen molar-refractivity contribution in [2.45, 2.75) is 37.0 Å². The Morgan fingerprint density at radius 2 is 1.66 bits per heavy atom. The van der Waals surface area contributed by atoms with E-state index >= 15 is 0 Å². The fraction of sp³-hybridized carbons (Fsp3) is 0.600. The van der Waals surface area contributed by atoms with E-state index in [4.69, 9.17) is 4.74 Å². The summed E-state index contributed by atoms with van der Waals surface area (Å²) >= 11 is 0. The second kappa shape index (κ2) is 9.58. The lowest BCUT2D eigenvalue weighted by molar-refractivity contribution is -0.135. The minimum absolute atomic E-state index is 0.0167. The third-order valence-corrected chi connectivity index (χ3v) is 7.59. The van der Waals surface area contributed by atoms with Crippen LogP contribution in [-0.4, -0.2) is 69.3 Å². The summed E-state index contributed by atoms with van der Waals surface area (Å²) in [4.78, 5) is 26.4. The monoisotopic (exact) mass is 423 g/mol. The van der Waals surface area contributed by atoms with Gasteiger partial charge in [-0.2, -0.15) is 4.31 Å². The molecule has 160 valence electrons. The van der Waals surface area contributed by atoms with Crippen molar-refractivity contribution in [2.75, 3.05) is 39.8 Å². The molecule has 1 aliphatic carbocycles. The molecule has 3 rings (SSSR count). The molecule has 2 aliphatic rings. The van der Waals surface area contributed by atoms with Gasteiger partial charge in [0.1, 0.15) is 5.75 Å². The Morgan fingerprint density at radius 1 is 1.03 bits per heavy atom. The molecule has 1 N–H and O–H groups in total. The van der Waals surface area contributed by atoms with E-state index in [0.29, 0.717) is 18.8 Å². The molecule has 9 heteroatoms. The van der Waals surface area contributed by atoms with Gasteiger partial charge in [-0.1, -0.05) is 19.3 Å². The number of carbonyl (C=O) groups is 2. The molecule has 0 atom stereocenters. The normalized spacial score (nSPS) is 19.0. The van der Waals surface area contributed by atoms with Crippen LogP contribution in [0, 0.1) is 5.92 Å². The number of nitrogens with zero attached hydrogens (tertiary/aromatic N) is 2. The van der Waals surface area contributed by atoms with Crippen LogP contribution in [0.4, 0.5) is 0 Å². The zero-order valence-electron chi connectivity index (χ0n) is 16.8. The Hall–Kier alpha value is -2.13. The molecule has 29 heavy (non-hydrogen) atoms. The van der Waals surface area contributed by atoms with Gasteiger partial charge in [0.25, 0.3) is 0 Å². The van der Waals surface area contributed by atoms with Gasteiger partial charge >= 0.3 is 0 Å². The lowest BCUT2D eigenvalue weighted by Crippen LogP contribution is -2.52. The van der Waals surface area contributed by atoms with Crippen LogP contribution in [0.2, 0.25) is 0 Å². The second-order valence-corrected chi connectivity index (χ2v) is 9.45. The highest BCUT2D eigenvalue weighted by Gasteiger charge is 2.30. The summed E-state index contributed by atoms with van der Waals surface area (Å²) in [6, 6.07) is 6.27. The molecule has 8 nitrogen and oxygen atoms in total. The number of amides is 2. The summed E-state index contributed by atoms with van der Waals surface area (Å²) in [5.41, 5.74) is 0. The van der Waals surface area contributed by atoms with Crippen molar-refractivity contribution >= 4 is 21.8 Å². The van der Waals surface area contributed by atoms with Crippen LogP contribution >= 0.6 is 0 Å². The Kier molecular flexibility index (Phi) is 7.13. The largest absolute Gasteiger partial charge is 0.497 e. The Bertz CT molecular complexity index is 811. The maximum Gasteiger partial charge on any atom is 0.243 e. The first-order valence-electron chi connectivity index (χ1n) is 10.1. The molecule has 0 spiro atoms. The maximum absolute atomic E-state index is 12.8. The Morgan fingerprint density at radius 3 is 2.24 bits per heavy atom. The predicted octanol–water partition coefficient (Wildman–Crippen LogP) is 1.22.